The predicted molar refractivity (Wildman–Crippen MR) is 127 cm³/mol. The first-order valence-electron chi connectivity index (χ1n) is 10.5. The van der Waals surface area contributed by atoms with Crippen LogP contribution in [0.15, 0.2) is 84.0 Å². The zero-order chi connectivity index (χ0) is 22.5. The Bertz CT molecular complexity index is 1150. The highest BCUT2D eigenvalue weighted by Crippen LogP contribution is 2.39. The molecule has 1 unspecified atom stereocenters. The van der Waals surface area contributed by atoms with Crippen LogP contribution in [0.2, 0.25) is 0 Å². The van der Waals surface area contributed by atoms with Crippen molar-refractivity contribution in [2.45, 2.75) is 19.4 Å². The third-order valence-corrected chi connectivity index (χ3v) is 5.53. The van der Waals surface area contributed by atoms with Crippen molar-refractivity contribution in [3.8, 4) is 11.5 Å². The highest BCUT2D eigenvalue weighted by atomic mass is 16.5. The van der Waals surface area contributed by atoms with E-state index in [1.807, 2.05) is 73.7 Å². The highest BCUT2D eigenvalue weighted by molar-refractivity contribution is 6.04. The monoisotopic (exact) mass is 426 g/mol. The number of benzene rings is 3. The molecule has 0 bridgehead atoms. The molecule has 1 aliphatic rings. The fourth-order valence-electron chi connectivity index (χ4n) is 3.78. The lowest BCUT2D eigenvalue weighted by Crippen LogP contribution is -2.25. The topological polar surface area (TPSA) is 51.1 Å². The van der Waals surface area contributed by atoms with Gasteiger partial charge in [-0.2, -0.15) is 5.10 Å². The summed E-state index contributed by atoms with van der Waals surface area (Å²) in [5.74, 6) is 1.21. The van der Waals surface area contributed by atoms with Gasteiger partial charge in [0.15, 0.2) is 0 Å². The number of ether oxygens (including phenoxy) is 2. The number of aryl methyl sites for hydroxylation is 1. The Labute approximate surface area is 188 Å². The molecule has 1 heterocycles. The number of carbonyl (C=O) groups excluding carboxylic acids is 1. The van der Waals surface area contributed by atoms with Gasteiger partial charge >= 0.3 is 0 Å². The van der Waals surface area contributed by atoms with Crippen molar-refractivity contribution in [3.63, 3.8) is 0 Å². The zero-order valence-electron chi connectivity index (χ0n) is 18.5. The number of hydrogen-bond acceptors (Lipinski definition) is 4. The van der Waals surface area contributed by atoms with Crippen LogP contribution >= 0.6 is 0 Å². The second-order valence-corrected chi connectivity index (χ2v) is 7.67. The molecule has 4 rings (SSSR count). The molecule has 0 radical (unpaired) electrons. The second-order valence-electron chi connectivity index (χ2n) is 7.67. The first kappa shape index (κ1) is 21.4. The summed E-state index contributed by atoms with van der Waals surface area (Å²) in [7, 11) is 3.25. The molecular formula is C27H26N2O3. The standard InChI is InChI=1S/C27H26N2O3/c1-19-9-12-21(13-10-19)24-18-25(23-17-22(31-2)14-15-26(23)32-3)29(28-24)27(30)16-11-20-7-5-4-6-8-20/h4-17,25H,18H2,1-3H3/b16-11+. The van der Waals surface area contributed by atoms with Crippen LogP contribution in [0, 0.1) is 6.92 Å². The normalized spacial score (nSPS) is 15.7. The SMILES string of the molecule is COc1ccc(OC)c(C2CC(c3ccc(C)cc3)=NN2C(=O)/C=C/c2ccccc2)c1. The molecule has 1 amide bonds. The van der Waals surface area contributed by atoms with Gasteiger partial charge in [-0.1, -0.05) is 60.2 Å². The molecule has 5 nitrogen and oxygen atoms in total. The summed E-state index contributed by atoms with van der Waals surface area (Å²) in [5, 5.41) is 6.29. The van der Waals surface area contributed by atoms with Crippen molar-refractivity contribution in [2.75, 3.05) is 14.2 Å². The molecule has 32 heavy (non-hydrogen) atoms. The molecule has 1 aliphatic heterocycles. The second kappa shape index (κ2) is 9.52. The third-order valence-electron chi connectivity index (χ3n) is 5.53. The molecule has 0 saturated heterocycles. The number of methoxy groups -OCH3 is 2. The van der Waals surface area contributed by atoms with Crippen LogP contribution in [-0.4, -0.2) is 30.8 Å². The van der Waals surface area contributed by atoms with Gasteiger partial charge in [0.25, 0.3) is 5.91 Å². The van der Waals surface area contributed by atoms with E-state index in [-0.39, 0.29) is 11.9 Å². The molecule has 3 aromatic carbocycles. The molecule has 0 aromatic heterocycles. The summed E-state index contributed by atoms with van der Waals surface area (Å²) < 4.78 is 11.0. The van der Waals surface area contributed by atoms with Crippen molar-refractivity contribution in [2.24, 2.45) is 5.10 Å². The Balaban J connectivity index is 1.72. The molecule has 0 N–H and O–H groups in total. The lowest BCUT2D eigenvalue weighted by Gasteiger charge is -2.23. The maximum atomic E-state index is 13.2. The van der Waals surface area contributed by atoms with Gasteiger partial charge in [0.2, 0.25) is 0 Å². The minimum Gasteiger partial charge on any atom is -0.497 e. The van der Waals surface area contributed by atoms with E-state index in [0.29, 0.717) is 17.9 Å². The molecule has 0 aliphatic carbocycles. The lowest BCUT2D eigenvalue weighted by atomic mass is 9.97. The summed E-state index contributed by atoms with van der Waals surface area (Å²) >= 11 is 0. The smallest absolute Gasteiger partial charge is 0.267 e. The van der Waals surface area contributed by atoms with Crippen LogP contribution in [-0.2, 0) is 4.79 Å². The quantitative estimate of drug-likeness (QED) is 0.496. The van der Waals surface area contributed by atoms with Crippen LogP contribution in [0.1, 0.15) is 34.7 Å². The maximum absolute atomic E-state index is 13.2. The third kappa shape index (κ3) is 4.57. The Morgan fingerprint density at radius 3 is 2.44 bits per heavy atom. The van der Waals surface area contributed by atoms with Gasteiger partial charge in [0, 0.05) is 18.1 Å². The van der Waals surface area contributed by atoms with Gasteiger partial charge in [0.1, 0.15) is 11.5 Å². The van der Waals surface area contributed by atoms with E-state index in [0.717, 1.165) is 22.4 Å². The Hall–Kier alpha value is -3.86. The van der Waals surface area contributed by atoms with Crippen molar-refractivity contribution in [1.29, 1.82) is 0 Å². The minimum atomic E-state index is -0.302. The highest BCUT2D eigenvalue weighted by Gasteiger charge is 2.34. The summed E-state index contributed by atoms with van der Waals surface area (Å²) in [6.07, 6.45) is 3.95. The molecule has 0 saturated carbocycles. The van der Waals surface area contributed by atoms with Crippen molar-refractivity contribution >= 4 is 17.7 Å². The van der Waals surface area contributed by atoms with Crippen LogP contribution < -0.4 is 9.47 Å². The number of amides is 1. The average Bonchev–Trinajstić information content (AvgIpc) is 3.28. The predicted octanol–water partition coefficient (Wildman–Crippen LogP) is 5.40. The van der Waals surface area contributed by atoms with Crippen molar-refractivity contribution in [1.82, 2.24) is 5.01 Å². The first-order chi connectivity index (χ1) is 15.6. The van der Waals surface area contributed by atoms with Gasteiger partial charge < -0.3 is 9.47 Å². The zero-order valence-corrected chi connectivity index (χ0v) is 18.5. The molecule has 3 aromatic rings. The van der Waals surface area contributed by atoms with Gasteiger partial charge in [-0.25, -0.2) is 5.01 Å². The van der Waals surface area contributed by atoms with Gasteiger partial charge in [-0.15, -0.1) is 0 Å². The van der Waals surface area contributed by atoms with Crippen LogP contribution in [0.4, 0.5) is 0 Å². The molecule has 5 heteroatoms. The van der Waals surface area contributed by atoms with Gasteiger partial charge in [-0.3, -0.25) is 4.79 Å². The molecule has 0 fully saturated rings. The van der Waals surface area contributed by atoms with Crippen LogP contribution in [0.3, 0.4) is 0 Å². The fourth-order valence-corrected chi connectivity index (χ4v) is 3.78. The van der Waals surface area contributed by atoms with E-state index < -0.39 is 0 Å². The Kier molecular flexibility index (Phi) is 6.36. The fraction of sp³-hybridized carbons (Fsp3) is 0.185. The number of hydrogen-bond donors (Lipinski definition) is 0. The van der Waals surface area contributed by atoms with Crippen molar-refractivity contribution in [3.05, 3.63) is 101 Å². The average molecular weight is 427 g/mol. The minimum absolute atomic E-state index is 0.189. The van der Waals surface area contributed by atoms with E-state index in [9.17, 15) is 4.79 Å². The van der Waals surface area contributed by atoms with Crippen molar-refractivity contribution < 1.29 is 14.3 Å². The van der Waals surface area contributed by atoms with Gasteiger partial charge in [0.05, 0.1) is 26.0 Å². The Morgan fingerprint density at radius 2 is 1.75 bits per heavy atom. The van der Waals surface area contributed by atoms with E-state index in [1.165, 1.54) is 5.56 Å². The maximum Gasteiger partial charge on any atom is 0.267 e. The van der Waals surface area contributed by atoms with E-state index in [4.69, 9.17) is 14.6 Å². The number of rotatable bonds is 6. The van der Waals surface area contributed by atoms with Gasteiger partial charge in [-0.05, 0) is 42.3 Å². The molecule has 1 atom stereocenters. The largest absolute Gasteiger partial charge is 0.497 e. The molecule has 0 spiro atoms. The molecular weight excluding hydrogens is 400 g/mol. The van der Waals surface area contributed by atoms with Crippen LogP contribution in [0.25, 0.3) is 6.08 Å². The van der Waals surface area contributed by atoms with E-state index in [2.05, 4.69) is 12.1 Å². The summed E-state index contributed by atoms with van der Waals surface area (Å²) in [5.41, 5.74) is 4.86. The molecule has 162 valence electrons. The number of carbonyl (C=O) groups is 1. The lowest BCUT2D eigenvalue weighted by molar-refractivity contribution is -0.127. The van der Waals surface area contributed by atoms with E-state index in [1.54, 1.807) is 25.3 Å². The summed E-state index contributed by atoms with van der Waals surface area (Å²) in [6, 6.07) is 23.3. The summed E-state index contributed by atoms with van der Waals surface area (Å²) in [6.45, 7) is 2.05. The first-order valence-corrected chi connectivity index (χ1v) is 10.5. The van der Waals surface area contributed by atoms with E-state index >= 15 is 0 Å². The number of hydrazone groups is 1. The van der Waals surface area contributed by atoms with Crippen LogP contribution in [0.5, 0.6) is 11.5 Å². The Morgan fingerprint density at radius 1 is 1.00 bits per heavy atom. The number of nitrogens with zero attached hydrogens (tertiary/aromatic N) is 2. The summed E-state index contributed by atoms with van der Waals surface area (Å²) in [4.78, 5) is 13.2.